The number of benzene rings is 2. The minimum absolute atomic E-state index is 0.0392. The number of ether oxygens (including phenoxy) is 1. The van der Waals surface area contributed by atoms with Gasteiger partial charge < -0.3 is 14.9 Å². The van der Waals surface area contributed by atoms with E-state index in [0.717, 1.165) is 6.42 Å². The lowest BCUT2D eigenvalue weighted by molar-refractivity contribution is -0.137. The van der Waals surface area contributed by atoms with Crippen molar-refractivity contribution in [2.24, 2.45) is 0 Å². The zero-order valence-corrected chi connectivity index (χ0v) is 20.9. The molecule has 0 saturated carbocycles. The van der Waals surface area contributed by atoms with Gasteiger partial charge in [0.2, 0.25) is 0 Å². The fraction of sp³-hybridized carbons (Fsp3) is 0.423. The predicted molar refractivity (Wildman–Crippen MR) is 131 cm³/mol. The molecule has 2 aromatic rings. The Labute approximate surface area is 205 Å². The first-order chi connectivity index (χ1) is 16.6. The van der Waals surface area contributed by atoms with Gasteiger partial charge in [0.25, 0.3) is 0 Å². The predicted octanol–water partition coefficient (Wildman–Crippen LogP) is 4.62. The molecule has 0 bridgehead atoms. The van der Waals surface area contributed by atoms with Crippen LogP contribution in [0.1, 0.15) is 78.7 Å². The maximum absolute atomic E-state index is 13.0. The third-order valence-corrected chi connectivity index (χ3v) is 7.35. The average molecular weight is 505 g/mol. The molecule has 0 aliphatic carbocycles. The highest BCUT2D eigenvalue weighted by Crippen LogP contribution is 2.33. The molecule has 8 nitrogen and oxygen atoms in total. The Balaban J connectivity index is 2.05. The van der Waals surface area contributed by atoms with E-state index in [2.05, 4.69) is 0 Å². The van der Waals surface area contributed by atoms with Crippen molar-refractivity contribution < 1.29 is 37.8 Å². The van der Waals surface area contributed by atoms with Gasteiger partial charge in [0.1, 0.15) is 11.5 Å². The van der Waals surface area contributed by atoms with E-state index >= 15 is 0 Å². The van der Waals surface area contributed by atoms with Gasteiger partial charge in [0.15, 0.2) is 21.4 Å². The molecule has 9 heteroatoms. The van der Waals surface area contributed by atoms with Gasteiger partial charge in [-0.05, 0) is 50.8 Å². The van der Waals surface area contributed by atoms with Crippen LogP contribution < -0.4 is 4.74 Å². The molecule has 0 saturated heterocycles. The van der Waals surface area contributed by atoms with Crippen LogP contribution in [0.2, 0.25) is 0 Å². The number of Topliss-reactive ketones (excluding diaryl/α,β-unsaturated/α-hetero) is 2. The Bertz CT molecular complexity index is 1170. The summed E-state index contributed by atoms with van der Waals surface area (Å²) in [4.78, 5) is 34.9. The van der Waals surface area contributed by atoms with Crippen LogP contribution in [0, 0.1) is 0 Å². The van der Waals surface area contributed by atoms with Crippen LogP contribution in [0.3, 0.4) is 0 Å². The number of phenols is 1. The average Bonchev–Trinajstić information content (AvgIpc) is 2.81. The fourth-order valence-corrected chi connectivity index (χ4v) is 5.26. The first-order valence-corrected chi connectivity index (χ1v) is 13.3. The quantitative estimate of drug-likeness (QED) is 0.265. The molecule has 0 amide bonds. The van der Waals surface area contributed by atoms with Gasteiger partial charge in [-0.1, -0.05) is 31.5 Å². The lowest BCUT2D eigenvalue weighted by atomic mass is 10.0. The van der Waals surface area contributed by atoms with E-state index in [1.54, 1.807) is 18.2 Å². The number of carboxylic acids is 1. The van der Waals surface area contributed by atoms with Gasteiger partial charge in [-0.2, -0.15) is 0 Å². The van der Waals surface area contributed by atoms with Crippen molar-refractivity contribution in [1.82, 2.24) is 0 Å². The van der Waals surface area contributed by atoms with E-state index in [1.165, 1.54) is 25.1 Å². The molecule has 0 radical (unpaired) electrons. The highest BCUT2D eigenvalue weighted by Gasteiger charge is 2.22. The van der Waals surface area contributed by atoms with Crippen LogP contribution in [-0.4, -0.2) is 48.5 Å². The monoisotopic (exact) mass is 504 g/mol. The van der Waals surface area contributed by atoms with Crippen LogP contribution in [0.4, 0.5) is 0 Å². The zero-order chi connectivity index (χ0) is 26.0. The Morgan fingerprint density at radius 1 is 0.943 bits per heavy atom. The summed E-state index contributed by atoms with van der Waals surface area (Å²) in [5.41, 5.74) is 0.841. The minimum atomic E-state index is -3.77. The number of sulfone groups is 1. The highest BCUT2D eigenvalue weighted by atomic mass is 32.2. The lowest BCUT2D eigenvalue weighted by Gasteiger charge is -2.15. The van der Waals surface area contributed by atoms with Crippen molar-refractivity contribution in [1.29, 1.82) is 0 Å². The molecule has 0 aliphatic heterocycles. The number of unbranched alkanes of at least 4 members (excludes halogenated alkanes) is 1. The van der Waals surface area contributed by atoms with Gasteiger partial charge in [-0.3, -0.25) is 14.4 Å². The number of aromatic hydroxyl groups is 1. The molecular weight excluding hydrogens is 472 g/mol. The number of hydrogen-bond donors (Lipinski definition) is 2. The van der Waals surface area contributed by atoms with Crippen LogP contribution in [0.25, 0.3) is 0 Å². The van der Waals surface area contributed by atoms with E-state index in [-0.39, 0.29) is 65.0 Å². The van der Waals surface area contributed by atoms with E-state index in [1.807, 2.05) is 6.92 Å². The minimum Gasteiger partial charge on any atom is -0.507 e. The second-order valence-corrected chi connectivity index (χ2v) is 10.4. The molecule has 0 heterocycles. The number of rotatable bonds is 15. The van der Waals surface area contributed by atoms with Gasteiger partial charge in [0, 0.05) is 24.0 Å². The molecule has 0 aliphatic rings. The maximum atomic E-state index is 13.0. The van der Waals surface area contributed by atoms with Gasteiger partial charge in [-0.15, -0.1) is 0 Å². The van der Waals surface area contributed by atoms with Crippen molar-refractivity contribution in [3.63, 3.8) is 0 Å². The molecule has 2 rings (SSSR count). The third-order valence-electron chi connectivity index (χ3n) is 5.50. The summed E-state index contributed by atoms with van der Waals surface area (Å²) >= 11 is 0. The highest BCUT2D eigenvalue weighted by molar-refractivity contribution is 7.91. The summed E-state index contributed by atoms with van der Waals surface area (Å²) in [5, 5.41) is 19.1. The zero-order valence-electron chi connectivity index (χ0n) is 20.1. The smallest absolute Gasteiger partial charge is 0.303 e. The van der Waals surface area contributed by atoms with Gasteiger partial charge in [-0.25, -0.2) is 8.42 Å². The number of hydrogen-bond acceptors (Lipinski definition) is 7. The van der Waals surface area contributed by atoms with Crippen molar-refractivity contribution >= 4 is 27.4 Å². The Morgan fingerprint density at radius 3 is 2.29 bits per heavy atom. The van der Waals surface area contributed by atoms with Crippen molar-refractivity contribution in [2.45, 2.75) is 63.7 Å². The summed E-state index contributed by atoms with van der Waals surface area (Å²) in [5.74, 6) is -1.47. The Hall–Kier alpha value is -3.20. The Morgan fingerprint density at radius 2 is 1.63 bits per heavy atom. The van der Waals surface area contributed by atoms with Crippen LogP contribution in [0.15, 0.2) is 41.3 Å². The molecule has 2 N–H and O–H groups in total. The van der Waals surface area contributed by atoms with Crippen molar-refractivity contribution in [3.05, 3.63) is 53.1 Å². The second-order valence-electron chi connectivity index (χ2n) is 8.29. The first-order valence-electron chi connectivity index (χ1n) is 11.6. The van der Waals surface area contributed by atoms with Gasteiger partial charge in [0.05, 0.1) is 22.8 Å². The van der Waals surface area contributed by atoms with E-state index < -0.39 is 15.8 Å². The number of phenolic OH excluding ortho intramolecular Hbond substituents is 1. The van der Waals surface area contributed by atoms with Gasteiger partial charge >= 0.3 is 5.97 Å². The summed E-state index contributed by atoms with van der Waals surface area (Å²) < 4.78 is 31.7. The number of carboxylic acid groups (broad SMARTS) is 1. The lowest BCUT2D eigenvalue weighted by Crippen LogP contribution is -2.15. The van der Waals surface area contributed by atoms with E-state index in [4.69, 9.17) is 9.84 Å². The second kappa shape index (κ2) is 13.0. The maximum Gasteiger partial charge on any atom is 0.303 e. The first kappa shape index (κ1) is 28.0. The standard InChI is InChI=1S/C26H32O8S/c1-3-9-21-23(15-14-19(18(2)27)26(21)31)34-16-8-17-35(32,33)24-12-6-4-10-20(24)22(28)11-5-7-13-25(29)30/h4,6,10,12,14-15,31H,3,5,7-9,11,13,16-17H2,1-2H3,(H,29,30). The molecule has 0 spiro atoms. The molecule has 2 aromatic carbocycles. The third kappa shape index (κ3) is 7.92. The van der Waals surface area contributed by atoms with E-state index in [9.17, 15) is 27.9 Å². The molecule has 0 unspecified atom stereocenters. The SMILES string of the molecule is CCCc1c(OCCCS(=O)(=O)c2ccccc2C(=O)CCCCC(=O)O)ccc(C(C)=O)c1O. The van der Waals surface area contributed by atoms with Crippen molar-refractivity contribution in [2.75, 3.05) is 12.4 Å². The van der Waals surface area contributed by atoms with Crippen LogP contribution >= 0.6 is 0 Å². The molecule has 0 aromatic heterocycles. The summed E-state index contributed by atoms with van der Waals surface area (Å²) in [7, 11) is -3.77. The van der Waals surface area contributed by atoms with Crippen molar-refractivity contribution in [3.8, 4) is 11.5 Å². The fourth-order valence-electron chi connectivity index (χ4n) is 3.73. The summed E-state index contributed by atoms with van der Waals surface area (Å²) in [6.07, 6.45) is 2.12. The normalized spacial score (nSPS) is 11.3. The molecular formula is C26H32O8S. The number of ketones is 2. The molecule has 0 atom stereocenters. The number of carbonyl (C=O) groups excluding carboxylic acids is 2. The molecule has 35 heavy (non-hydrogen) atoms. The molecule has 0 fully saturated rings. The number of carbonyl (C=O) groups is 3. The van der Waals surface area contributed by atoms with Crippen LogP contribution in [0.5, 0.6) is 11.5 Å². The molecule has 190 valence electrons. The largest absolute Gasteiger partial charge is 0.507 e. The Kier molecular flexibility index (Phi) is 10.4. The summed E-state index contributed by atoms with van der Waals surface area (Å²) in [6.45, 7) is 3.37. The van der Waals surface area contributed by atoms with E-state index in [0.29, 0.717) is 30.6 Å². The topological polar surface area (TPSA) is 135 Å². The summed E-state index contributed by atoms with van der Waals surface area (Å²) in [6, 6.07) is 9.12. The van der Waals surface area contributed by atoms with Crippen LogP contribution in [-0.2, 0) is 21.1 Å². The number of aliphatic carboxylic acids is 1.